The van der Waals surface area contributed by atoms with Gasteiger partial charge in [0.25, 0.3) is 5.91 Å². The summed E-state index contributed by atoms with van der Waals surface area (Å²) in [6, 6.07) is 0.251. The first-order chi connectivity index (χ1) is 7.68. The number of nitrogens with one attached hydrogen (secondary N) is 2. The lowest BCUT2D eigenvalue weighted by atomic mass is 10.1. The van der Waals surface area contributed by atoms with Crippen molar-refractivity contribution in [1.29, 1.82) is 0 Å². The molecule has 0 bridgehead atoms. The van der Waals surface area contributed by atoms with Gasteiger partial charge >= 0.3 is 0 Å². The molecule has 0 spiro atoms. The molecule has 1 unspecified atom stereocenters. The van der Waals surface area contributed by atoms with E-state index in [-0.39, 0.29) is 11.9 Å². The largest absolute Gasteiger partial charge is 0.348 e. The molecule has 1 aromatic heterocycles. The Kier molecular flexibility index (Phi) is 3.24. The first-order valence-corrected chi connectivity index (χ1v) is 5.68. The summed E-state index contributed by atoms with van der Waals surface area (Å²) in [6.07, 6.45) is 3.80. The molecule has 0 saturated carbocycles. The van der Waals surface area contributed by atoms with Crippen LogP contribution in [-0.4, -0.2) is 34.8 Å². The maximum Gasteiger partial charge on any atom is 0.255 e. The van der Waals surface area contributed by atoms with Gasteiger partial charge in [-0.05, 0) is 26.3 Å². The highest BCUT2D eigenvalue weighted by atomic mass is 16.1. The normalized spacial score (nSPS) is 20.8. The van der Waals surface area contributed by atoms with Crippen LogP contribution in [0.4, 0.5) is 0 Å². The number of amides is 1. The van der Waals surface area contributed by atoms with Gasteiger partial charge in [-0.15, -0.1) is 0 Å². The fraction of sp³-hybridized carbons (Fsp3) is 0.636. The van der Waals surface area contributed by atoms with Crippen LogP contribution in [0.3, 0.4) is 0 Å². The van der Waals surface area contributed by atoms with Gasteiger partial charge in [-0.25, -0.2) is 0 Å². The molecule has 1 amide bonds. The summed E-state index contributed by atoms with van der Waals surface area (Å²) in [5.74, 6) is -0.0145. The van der Waals surface area contributed by atoms with Gasteiger partial charge < -0.3 is 10.6 Å². The zero-order chi connectivity index (χ0) is 11.5. The Balaban J connectivity index is 1.99. The summed E-state index contributed by atoms with van der Waals surface area (Å²) in [5.41, 5.74) is 1.58. The van der Waals surface area contributed by atoms with Crippen molar-refractivity contribution in [1.82, 2.24) is 20.4 Å². The summed E-state index contributed by atoms with van der Waals surface area (Å²) in [7, 11) is 1.84. The van der Waals surface area contributed by atoms with E-state index in [1.54, 1.807) is 10.9 Å². The number of nitrogens with zero attached hydrogens (tertiary/aromatic N) is 2. The van der Waals surface area contributed by atoms with Gasteiger partial charge in [-0.3, -0.25) is 9.48 Å². The average molecular weight is 222 g/mol. The second-order valence-electron chi connectivity index (χ2n) is 4.28. The van der Waals surface area contributed by atoms with Gasteiger partial charge in [-0.1, -0.05) is 0 Å². The Morgan fingerprint density at radius 1 is 1.69 bits per heavy atom. The molecule has 0 aliphatic carbocycles. The minimum Gasteiger partial charge on any atom is -0.348 e. The maximum atomic E-state index is 12.0. The molecule has 2 heterocycles. The van der Waals surface area contributed by atoms with Crippen LogP contribution in [0.25, 0.3) is 0 Å². The number of aromatic nitrogens is 2. The number of hydrogen-bond donors (Lipinski definition) is 2. The molecule has 1 aromatic rings. The summed E-state index contributed by atoms with van der Waals surface area (Å²) in [4.78, 5) is 12.0. The lowest BCUT2D eigenvalue weighted by Gasteiger charge is -2.23. The molecule has 1 atom stereocenters. The second kappa shape index (κ2) is 4.65. The highest BCUT2D eigenvalue weighted by Gasteiger charge is 2.18. The minimum absolute atomic E-state index is 0.0145. The van der Waals surface area contributed by atoms with Gasteiger partial charge in [0.1, 0.15) is 0 Å². The van der Waals surface area contributed by atoms with E-state index in [0.717, 1.165) is 31.6 Å². The maximum absolute atomic E-state index is 12.0. The third kappa shape index (κ3) is 2.24. The van der Waals surface area contributed by atoms with E-state index in [9.17, 15) is 4.79 Å². The number of carbonyl (C=O) groups excluding carboxylic acids is 1. The van der Waals surface area contributed by atoms with E-state index in [2.05, 4.69) is 15.7 Å². The fourth-order valence-corrected chi connectivity index (χ4v) is 1.96. The van der Waals surface area contributed by atoms with Crippen molar-refractivity contribution in [3.05, 3.63) is 17.5 Å². The van der Waals surface area contributed by atoms with Crippen LogP contribution in [0.15, 0.2) is 6.20 Å². The van der Waals surface area contributed by atoms with E-state index >= 15 is 0 Å². The molecule has 1 fully saturated rings. The standard InChI is InChI=1S/C11H18N4O/c1-8-10(7-13-15(8)2)11(16)14-9-4-3-5-12-6-9/h7,9,12H,3-6H2,1-2H3,(H,14,16). The van der Waals surface area contributed by atoms with Gasteiger partial charge in [0.15, 0.2) is 0 Å². The Bertz CT molecular complexity index is 379. The van der Waals surface area contributed by atoms with E-state index in [4.69, 9.17) is 0 Å². The zero-order valence-corrected chi connectivity index (χ0v) is 9.79. The van der Waals surface area contributed by atoms with Gasteiger partial charge in [0, 0.05) is 25.3 Å². The predicted molar refractivity (Wildman–Crippen MR) is 61.3 cm³/mol. The second-order valence-corrected chi connectivity index (χ2v) is 4.28. The first-order valence-electron chi connectivity index (χ1n) is 5.68. The lowest BCUT2D eigenvalue weighted by molar-refractivity contribution is 0.0930. The monoisotopic (exact) mass is 222 g/mol. The highest BCUT2D eigenvalue weighted by molar-refractivity contribution is 5.95. The summed E-state index contributed by atoms with van der Waals surface area (Å²) < 4.78 is 1.72. The molecule has 1 saturated heterocycles. The molecule has 2 N–H and O–H groups in total. The predicted octanol–water partition coefficient (Wildman–Crippen LogP) is 0.210. The molecule has 16 heavy (non-hydrogen) atoms. The van der Waals surface area contributed by atoms with Gasteiger partial charge in [0.05, 0.1) is 11.8 Å². The van der Waals surface area contributed by atoms with Crippen molar-refractivity contribution in [3.63, 3.8) is 0 Å². The van der Waals surface area contributed by atoms with Crippen LogP contribution in [0.5, 0.6) is 0 Å². The molecule has 5 heteroatoms. The van der Waals surface area contributed by atoms with E-state index < -0.39 is 0 Å². The molecule has 1 aliphatic heterocycles. The van der Waals surface area contributed by atoms with Crippen LogP contribution >= 0.6 is 0 Å². The van der Waals surface area contributed by atoms with Gasteiger partial charge in [-0.2, -0.15) is 5.10 Å². The number of carbonyl (C=O) groups is 1. The summed E-state index contributed by atoms with van der Waals surface area (Å²) >= 11 is 0. The highest BCUT2D eigenvalue weighted by Crippen LogP contribution is 2.07. The molecular weight excluding hydrogens is 204 g/mol. The molecular formula is C11H18N4O. The van der Waals surface area contributed by atoms with E-state index in [1.165, 1.54) is 0 Å². The third-order valence-electron chi connectivity index (χ3n) is 3.11. The Morgan fingerprint density at radius 3 is 3.06 bits per heavy atom. The molecule has 2 rings (SSSR count). The SMILES string of the molecule is Cc1c(C(=O)NC2CCCNC2)cnn1C. The third-order valence-corrected chi connectivity index (χ3v) is 3.11. The molecule has 5 nitrogen and oxygen atoms in total. The Hall–Kier alpha value is -1.36. The Labute approximate surface area is 95.2 Å². The van der Waals surface area contributed by atoms with Crippen molar-refractivity contribution in [3.8, 4) is 0 Å². The van der Waals surface area contributed by atoms with Crippen molar-refractivity contribution in [2.75, 3.05) is 13.1 Å². The zero-order valence-electron chi connectivity index (χ0n) is 9.79. The average Bonchev–Trinajstić information content (AvgIpc) is 2.61. The van der Waals surface area contributed by atoms with Gasteiger partial charge in [0.2, 0.25) is 0 Å². The first kappa shape index (κ1) is 11.1. The Morgan fingerprint density at radius 2 is 2.50 bits per heavy atom. The van der Waals surface area contributed by atoms with Crippen LogP contribution in [0.2, 0.25) is 0 Å². The molecule has 1 aliphatic rings. The molecule has 88 valence electrons. The number of aryl methyl sites for hydroxylation is 1. The van der Waals surface area contributed by atoms with Crippen molar-refractivity contribution >= 4 is 5.91 Å². The smallest absolute Gasteiger partial charge is 0.255 e. The number of rotatable bonds is 2. The van der Waals surface area contributed by atoms with Crippen molar-refractivity contribution in [2.45, 2.75) is 25.8 Å². The quantitative estimate of drug-likeness (QED) is 0.752. The minimum atomic E-state index is -0.0145. The van der Waals surface area contributed by atoms with E-state index in [1.807, 2.05) is 14.0 Å². The van der Waals surface area contributed by atoms with E-state index in [0.29, 0.717) is 5.56 Å². The van der Waals surface area contributed by atoms with Crippen LogP contribution < -0.4 is 10.6 Å². The van der Waals surface area contributed by atoms with Crippen molar-refractivity contribution < 1.29 is 4.79 Å². The summed E-state index contributed by atoms with van der Waals surface area (Å²) in [5, 5.41) is 10.4. The molecule has 0 radical (unpaired) electrons. The topological polar surface area (TPSA) is 59.0 Å². The van der Waals surface area contributed by atoms with Crippen LogP contribution in [0.1, 0.15) is 28.9 Å². The fourth-order valence-electron chi connectivity index (χ4n) is 1.96. The number of piperidine rings is 1. The number of hydrogen-bond acceptors (Lipinski definition) is 3. The molecule has 0 aromatic carbocycles. The van der Waals surface area contributed by atoms with Crippen molar-refractivity contribution in [2.24, 2.45) is 7.05 Å². The van der Waals surface area contributed by atoms with Crippen LogP contribution in [0, 0.1) is 6.92 Å². The lowest BCUT2D eigenvalue weighted by Crippen LogP contribution is -2.45. The summed E-state index contributed by atoms with van der Waals surface area (Å²) in [6.45, 7) is 3.82. The van der Waals surface area contributed by atoms with Crippen LogP contribution in [-0.2, 0) is 7.05 Å².